The fraction of sp³-hybridized carbons (Fsp3) is 0.263. The number of nitrogens with one attached hydrogen (secondary N) is 1. The van der Waals surface area contributed by atoms with E-state index in [1.807, 2.05) is 36.4 Å². The Morgan fingerprint density at radius 1 is 1.04 bits per heavy atom. The van der Waals surface area contributed by atoms with Crippen molar-refractivity contribution in [2.45, 2.75) is 26.4 Å². The Labute approximate surface area is 136 Å². The van der Waals surface area contributed by atoms with Gasteiger partial charge in [-0.3, -0.25) is 4.79 Å². The monoisotopic (exact) mass is 310 g/mol. The minimum Gasteiger partial charge on any atom is -0.378 e. The van der Waals surface area contributed by atoms with Gasteiger partial charge in [-0.2, -0.15) is 5.10 Å². The van der Waals surface area contributed by atoms with E-state index in [9.17, 15) is 9.90 Å². The first kappa shape index (κ1) is 16.9. The topological polar surface area (TPSA) is 61.7 Å². The summed E-state index contributed by atoms with van der Waals surface area (Å²) in [6.45, 7) is 4.19. The lowest BCUT2D eigenvalue weighted by atomic mass is 10.0. The zero-order chi connectivity index (χ0) is 16.7. The smallest absolute Gasteiger partial charge is 0.273 e. The van der Waals surface area contributed by atoms with Gasteiger partial charge >= 0.3 is 0 Å². The summed E-state index contributed by atoms with van der Waals surface area (Å²) in [4.78, 5) is 12.1. The van der Waals surface area contributed by atoms with Gasteiger partial charge in [-0.1, -0.05) is 74.5 Å². The number of amides is 1. The van der Waals surface area contributed by atoms with E-state index in [0.717, 1.165) is 17.7 Å². The Kier molecular flexibility index (Phi) is 6.06. The minimum atomic E-state index is -1.23. The summed E-state index contributed by atoms with van der Waals surface area (Å²) in [6, 6.07) is 18.5. The number of carbonyl (C=O) groups is 1. The average Bonchev–Trinajstić information content (AvgIpc) is 2.59. The maximum absolute atomic E-state index is 12.1. The molecule has 0 heterocycles. The number of nitrogens with zero attached hydrogens (tertiary/aromatic N) is 1. The molecule has 4 nitrogen and oxygen atoms in total. The highest BCUT2D eigenvalue weighted by molar-refractivity contribution is 6.01. The molecule has 0 fully saturated rings. The van der Waals surface area contributed by atoms with Crippen LogP contribution in [0, 0.1) is 5.92 Å². The van der Waals surface area contributed by atoms with Gasteiger partial charge in [0.1, 0.15) is 0 Å². The van der Waals surface area contributed by atoms with Crippen molar-refractivity contribution in [3.8, 4) is 0 Å². The molecule has 0 aliphatic rings. The summed E-state index contributed by atoms with van der Waals surface area (Å²) < 4.78 is 0. The fourth-order valence-electron chi connectivity index (χ4n) is 2.22. The maximum Gasteiger partial charge on any atom is 0.273 e. The van der Waals surface area contributed by atoms with Crippen molar-refractivity contribution >= 4 is 11.6 Å². The molecule has 0 bridgehead atoms. The Morgan fingerprint density at radius 2 is 1.61 bits per heavy atom. The van der Waals surface area contributed by atoms with Gasteiger partial charge in [0.05, 0.1) is 5.71 Å². The van der Waals surface area contributed by atoms with Crippen LogP contribution in [0.15, 0.2) is 65.8 Å². The van der Waals surface area contributed by atoms with Crippen LogP contribution < -0.4 is 5.43 Å². The van der Waals surface area contributed by atoms with Gasteiger partial charge in [-0.25, -0.2) is 5.43 Å². The van der Waals surface area contributed by atoms with Crippen molar-refractivity contribution in [2.24, 2.45) is 11.0 Å². The molecule has 2 aromatic rings. The lowest BCUT2D eigenvalue weighted by Gasteiger charge is -2.12. The Morgan fingerprint density at radius 3 is 2.17 bits per heavy atom. The van der Waals surface area contributed by atoms with E-state index in [1.54, 1.807) is 24.3 Å². The minimum absolute atomic E-state index is 0.407. The maximum atomic E-state index is 12.1. The Bertz CT molecular complexity index is 652. The fourth-order valence-corrected chi connectivity index (χ4v) is 2.22. The summed E-state index contributed by atoms with van der Waals surface area (Å²) in [5, 5.41) is 14.3. The first-order valence-corrected chi connectivity index (χ1v) is 7.72. The lowest BCUT2D eigenvalue weighted by Crippen LogP contribution is -2.26. The molecule has 23 heavy (non-hydrogen) atoms. The van der Waals surface area contributed by atoms with Gasteiger partial charge in [0.25, 0.3) is 5.91 Å². The summed E-state index contributed by atoms with van der Waals surface area (Å²) in [5.41, 5.74) is 4.80. The second kappa shape index (κ2) is 8.25. The van der Waals surface area contributed by atoms with Crippen LogP contribution in [0.1, 0.15) is 37.5 Å². The van der Waals surface area contributed by atoms with Gasteiger partial charge in [-0.15, -0.1) is 0 Å². The second-order valence-corrected chi connectivity index (χ2v) is 5.81. The summed E-state index contributed by atoms with van der Waals surface area (Å²) >= 11 is 0. The number of aliphatic hydroxyl groups excluding tert-OH is 1. The van der Waals surface area contributed by atoms with Crippen LogP contribution in [0.2, 0.25) is 0 Å². The lowest BCUT2D eigenvalue weighted by molar-refractivity contribution is -0.129. The number of hydrogen-bond donors (Lipinski definition) is 2. The van der Waals surface area contributed by atoms with E-state index in [0.29, 0.717) is 11.5 Å². The Balaban J connectivity index is 2.12. The van der Waals surface area contributed by atoms with Crippen molar-refractivity contribution in [1.29, 1.82) is 0 Å². The highest BCUT2D eigenvalue weighted by Gasteiger charge is 2.17. The molecule has 2 rings (SSSR count). The molecule has 1 atom stereocenters. The average molecular weight is 310 g/mol. The molecule has 0 spiro atoms. The molecule has 0 aliphatic heterocycles. The van der Waals surface area contributed by atoms with Crippen molar-refractivity contribution in [1.82, 2.24) is 5.43 Å². The molecule has 0 saturated heterocycles. The van der Waals surface area contributed by atoms with Crippen LogP contribution >= 0.6 is 0 Å². The Hall–Kier alpha value is -2.46. The largest absolute Gasteiger partial charge is 0.378 e. The highest BCUT2D eigenvalue weighted by atomic mass is 16.3. The third-order valence-electron chi connectivity index (χ3n) is 3.37. The number of benzene rings is 2. The number of carbonyl (C=O) groups excluding carboxylic acids is 1. The van der Waals surface area contributed by atoms with Crippen LogP contribution in [-0.2, 0) is 4.79 Å². The molecule has 1 amide bonds. The van der Waals surface area contributed by atoms with Gasteiger partial charge in [0, 0.05) is 0 Å². The normalized spacial score (nSPS) is 13.0. The molecular weight excluding hydrogens is 288 g/mol. The number of hydrazone groups is 1. The first-order chi connectivity index (χ1) is 11.1. The van der Waals surface area contributed by atoms with E-state index in [-0.39, 0.29) is 0 Å². The predicted molar refractivity (Wildman–Crippen MR) is 92.0 cm³/mol. The SMILES string of the molecule is CC(C)C/C(=N\NC(=O)C(O)c1ccccc1)c1ccccc1. The van der Waals surface area contributed by atoms with Crippen LogP contribution in [0.4, 0.5) is 0 Å². The van der Waals surface area contributed by atoms with Crippen LogP contribution in [-0.4, -0.2) is 16.7 Å². The van der Waals surface area contributed by atoms with Gasteiger partial charge < -0.3 is 5.11 Å². The van der Waals surface area contributed by atoms with Crippen molar-refractivity contribution < 1.29 is 9.90 Å². The van der Waals surface area contributed by atoms with Crippen molar-refractivity contribution in [2.75, 3.05) is 0 Å². The van der Waals surface area contributed by atoms with Gasteiger partial charge in [0.15, 0.2) is 6.10 Å². The molecule has 4 heteroatoms. The van der Waals surface area contributed by atoms with Crippen LogP contribution in [0.25, 0.3) is 0 Å². The molecule has 1 unspecified atom stereocenters. The zero-order valence-electron chi connectivity index (χ0n) is 13.4. The molecule has 0 radical (unpaired) electrons. The highest BCUT2D eigenvalue weighted by Crippen LogP contribution is 2.13. The second-order valence-electron chi connectivity index (χ2n) is 5.81. The molecule has 2 N–H and O–H groups in total. The zero-order valence-corrected chi connectivity index (χ0v) is 13.4. The third kappa shape index (κ3) is 5.04. The number of aliphatic hydroxyl groups is 1. The van der Waals surface area contributed by atoms with E-state index in [2.05, 4.69) is 24.4 Å². The van der Waals surface area contributed by atoms with E-state index in [1.165, 1.54) is 0 Å². The number of hydrogen-bond acceptors (Lipinski definition) is 3. The van der Waals surface area contributed by atoms with Gasteiger partial charge in [-0.05, 0) is 23.5 Å². The van der Waals surface area contributed by atoms with E-state index >= 15 is 0 Å². The predicted octanol–water partition coefficient (Wildman–Crippen LogP) is 3.29. The standard InChI is InChI=1S/C19H22N2O2/c1-14(2)13-17(15-9-5-3-6-10-15)20-21-19(23)18(22)16-11-7-4-8-12-16/h3-12,14,18,22H,13H2,1-2H3,(H,21,23)/b20-17+. The quantitative estimate of drug-likeness (QED) is 0.635. The first-order valence-electron chi connectivity index (χ1n) is 7.72. The van der Waals surface area contributed by atoms with E-state index < -0.39 is 12.0 Å². The van der Waals surface area contributed by atoms with Crippen LogP contribution in [0.5, 0.6) is 0 Å². The summed E-state index contributed by atoms with van der Waals surface area (Å²) in [5.74, 6) is -0.127. The van der Waals surface area contributed by atoms with E-state index in [4.69, 9.17) is 0 Å². The molecule has 0 aromatic heterocycles. The van der Waals surface area contributed by atoms with Crippen molar-refractivity contribution in [3.63, 3.8) is 0 Å². The number of rotatable bonds is 6. The molecule has 0 saturated carbocycles. The molecule has 0 aliphatic carbocycles. The summed E-state index contributed by atoms with van der Waals surface area (Å²) in [6.07, 6.45) is -0.484. The van der Waals surface area contributed by atoms with Crippen molar-refractivity contribution in [3.05, 3.63) is 71.8 Å². The third-order valence-corrected chi connectivity index (χ3v) is 3.37. The van der Waals surface area contributed by atoms with Crippen LogP contribution in [0.3, 0.4) is 0 Å². The molecule has 2 aromatic carbocycles. The van der Waals surface area contributed by atoms with Gasteiger partial charge in [0.2, 0.25) is 0 Å². The molecule has 120 valence electrons. The summed E-state index contributed by atoms with van der Waals surface area (Å²) in [7, 11) is 0. The molecular formula is C19H22N2O2.